The molecule has 2 fully saturated rings. The second-order valence-electron chi connectivity index (χ2n) is 30.7. The van der Waals surface area contributed by atoms with Crippen LogP contribution in [0.1, 0.15) is 110 Å². The number of imidazole rings is 1. The fourth-order valence-corrected chi connectivity index (χ4v) is 13.7. The van der Waals surface area contributed by atoms with Crippen molar-refractivity contribution in [3.8, 4) is 0 Å². The average Bonchev–Trinajstić information content (AvgIpc) is 1.72. The Balaban J connectivity index is 1.09. The quantitative estimate of drug-likeness (QED) is 0.0191. The lowest BCUT2D eigenvalue weighted by Crippen LogP contribution is -2.60. The molecule has 12 amide bonds. The molecule has 2 aliphatic heterocycles. The molecule has 2 saturated heterocycles. The van der Waals surface area contributed by atoms with Gasteiger partial charge < -0.3 is 94.4 Å². The number of carbonyl (C=O) groups is 15. The van der Waals surface area contributed by atoms with Gasteiger partial charge in [0.15, 0.2) is 0 Å². The summed E-state index contributed by atoms with van der Waals surface area (Å²) in [7, 11) is 0. The number of piperidine rings is 1. The van der Waals surface area contributed by atoms with Gasteiger partial charge >= 0.3 is 5.97 Å². The van der Waals surface area contributed by atoms with Crippen LogP contribution in [0.15, 0.2) is 73.3 Å². The van der Waals surface area contributed by atoms with E-state index in [9.17, 15) is 82.1 Å². The molecule has 0 aliphatic carbocycles. The average molecular weight is 1610 g/mol. The Hall–Kier alpha value is -10.6. The minimum Gasteiger partial charge on any atom is -0.480 e. The van der Waals surface area contributed by atoms with E-state index in [1.54, 1.807) is 79.5 Å². The highest BCUT2D eigenvalue weighted by molar-refractivity contribution is 5.98. The molecular formula is C78H118N20O17. The minimum atomic E-state index is -1.54. The fraction of sp³-hybridized carbons (Fsp3) is 0.590. The molecule has 2 aromatic heterocycles. The first-order valence-corrected chi connectivity index (χ1v) is 39.3. The number of carboxylic acids is 1. The Morgan fingerprint density at radius 1 is 0.539 bits per heavy atom. The number of rotatable bonds is 45. The van der Waals surface area contributed by atoms with Crippen LogP contribution in [0.2, 0.25) is 0 Å². The molecule has 0 saturated carbocycles. The summed E-state index contributed by atoms with van der Waals surface area (Å²) in [6.45, 7) is 15.3. The van der Waals surface area contributed by atoms with Crippen molar-refractivity contribution < 1.29 is 82.1 Å². The van der Waals surface area contributed by atoms with Gasteiger partial charge in [0.05, 0.1) is 64.2 Å². The summed E-state index contributed by atoms with van der Waals surface area (Å²) >= 11 is 0. The molecule has 0 spiro atoms. The number of likely N-dealkylation sites (tertiary alicyclic amines) is 1. The lowest BCUT2D eigenvalue weighted by molar-refractivity contribution is -0.138. The van der Waals surface area contributed by atoms with Gasteiger partial charge in [-0.1, -0.05) is 90.1 Å². The zero-order valence-electron chi connectivity index (χ0n) is 66.8. The van der Waals surface area contributed by atoms with Crippen molar-refractivity contribution in [2.45, 2.75) is 173 Å². The number of aliphatic carboxylic acids is 1. The number of para-hydroxylation sites is 1. The number of nitrogens with zero attached hydrogens (tertiary/aromatic N) is 6. The Kier molecular flexibility index (Phi) is 38.9. The number of H-pyrrole nitrogens is 2. The van der Waals surface area contributed by atoms with E-state index in [0.29, 0.717) is 106 Å². The van der Waals surface area contributed by atoms with Crippen LogP contribution in [0.3, 0.4) is 0 Å². The number of aliphatic hydroxyl groups excluding tert-OH is 1. The number of carbonyl (C=O) groups excluding carboxylic acids is 14. The van der Waals surface area contributed by atoms with Gasteiger partial charge in [0.2, 0.25) is 70.9 Å². The number of primary amides is 2. The Labute approximate surface area is 669 Å². The zero-order chi connectivity index (χ0) is 84.3. The second kappa shape index (κ2) is 47.9. The summed E-state index contributed by atoms with van der Waals surface area (Å²) in [6.07, 6.45) is 4.39. The van der Waals surface area contributed by atoms with Crippen molar-refractivity contribution in [1.29, 1.82) is 0 Å². The van der Waals surface area contributed by atoms with Crippen molar-refractivity contribution in [2.75, 3.05) is 105 Å². The summed E-state index contributed by atoms with van der Waals surface area (Å²) < 4.78 is 0. The number of nitrogens with two attached hydrogens (primary N) is 2. The number of aliphatic hydroxyl groups is 1. The van der Waals surface area contributed by atoms with Crippen LogP contribution in [0.25, 0.3) is 10.9 Å². The molecule has 9 atom stereocenters. The van der Waals surface area contributed by atoms with Crippen LogP contribution in [-0.2, 0) is 91.2 Å². The lowest BCUT2D eigenvalue weighted by atomic mass is 9.96. The third-order valence-electron chi connectivity index (χ3n) is 20.0. The molecule has 6 rings (SSSR count). The predicted octanol–water partition coefficient (Wildman–Crippen LogP) is -3.53. The molecule has 2 aliphatic rings. The number of hydrogen-bond donors (Lipinski definition) is 16. The first-order valence-electron chi connectivity index (χ1n) is 39.3. The first kappa shape index (κ1) is 93.3. The third kappa shape index (κ3) is 33.4. The number of nitrogens with one attached hydrogen (secondary N) is 12. The van der Waals surface area contributed by atoms with E-state index in [-0.39, 0.29) is 95.0 Å². The molecule has 0 radical (unpaired) electrons. The number of fused-ring (bicyclic) bond motifs is 1. The number of aldehydes is 2. The normalized spacial score (nSPS) is 16.9. The standard InChI is InChI=1S/C78H118N20O17/c1-48(2)35-59(64(101)40-66(103)87-60(72(80)109)36-49(3)4)91-77(114)63(39-55-42-81-47-84-55)88-67(104)43-83-78(115)71(50(5)6)93-73(110)51(7)85-75(112)62(38-53-41-82-57-16-12-11-15-56(53)57)92-74(111)58(17-18-65(79)102)90-76(113)61(37-52-13-9-8-10-14-52)89-69(106)45-96-21-19-54(20-22-96)86-68(105)44-97-27-25-94(31-33-99)23-24-95(32-34-100)26-28-98(30-29-97)46-70(107)108/h8-16,33-34,41-42,47-51,54,58-64,71,82,101H,17-32,35-40,43-46H2,1-7H3,(H2,79,102)(H2,80,109)(H,81,84)(H,83,115)(H,85,112)(H,86,105)(H,87,103)(H,88,104)(H,89,106)(H,90,113)(H,91,114)(H,92,111)(H,93,110)(H,107,108)/t51-,58-,59-,60-,61+,62-,63-,64-,71-/m0/s1. The predicted molar refractivity (Wildman–Crippen MR) is 424 cm³/mol. The SMILES string of the molecule is CC(C)C[C@H](NC(=O)C[C@H](O)[C@H](CC(C)C)NC(=O)[C@H](Cc1cnc[nH]1)NC(=O)CNC(=O)[C@@H](NC(=O)[C@H](C)NC(=O)[C@H](Cc1c[nH]c2ccccc12)NC(=O)[C@H](CCC(N)=O)NC(=O)[C@@H](Cc1ccccc1)NC(=O)CN1CCC(NC(=O)CN2CCN(CC=O)CCN(CC=O)CCN(CC(=O)O)CC2)CC1)C(C)C)C(N)=O. The molecule has 4 heterocycles. The summed E-state index contributed by atoms with van der Waals surface area (Å²) in [4.78, 5) is 220. The number of carboxylic acid groups (broad SMARTS) is 1. The molecule has 37 nitrogen and oxygen atoms in total. The molecule has 115 heavy (non-hydrogen) atoms. The molecule has 632 valence electrons. The van der Waals surface area contributed by atoms with Gasteiger partial charge in [0.25, 0.3) is 0 Å². The van der Waals surface area contributed by atoms with Crippen LogP contribution in [0, 0.1) is 17.8 Å². The van der Waals surface area contributed by atoms with E-state index in [2.05, 4.69) is 68.1 Å². The third-order valence-corrected chi connectivity index (χ3v) is 20.0. The van der Waals surface area contributed by atoms with E-state index >= 15 is 0 Å². The largest absolute Gasteiger partial charge is 0.480 e. The summed E-state index contributed by atoms with van der Waals surface area (Å²) in [5.74, 6) is -10.6. The summed E-state index contributed by atoms with van der Waals surface area (Å²) in [5, 5.41) is 48.7. The molecule has 18 N–H and O–H groups in total. The van der Waals surface area contributed by atoms with E-state index in [0.717, 1.165) is 12.6 Å². The number of aromatic nitrogens is 3. The van der Waals surface area contributed by atoms with Crippen LogP contribution in [-0.4, -0.2) is 304 Å². The van der Waals surface area contributed by atoms with E-state index in [1.807, 2.05) is 47.3 Å². The van der Waals surface area contributed by atoms with Crippen molar-refractivity contribution in [2.24, 2.45) is 29.2 Å². The number of hydrogen-bond acceptors (Lipinski definition) is 22. The first-order chi connectivity index (χ1) is 54.7. The maximum Gasteiger partial charge on any atom is 0.317 e. The van der Waals surface area contributed by atoms with Crippen molar-refractivity contribution in [3.63, 3.8) is 0 Å². The van der Waals surface area contributed by atoms with Crippen LogP contribution < -0.4 is 64.6 Å². The number of benzene rings is 2. The van der Waals surface area contributed by atoms with Crippen molar-refractivity contribution >= 4 is 100 Å². The number of amides is 12. The van der Waals surface area contributed by atoms with E-state index in [1.165, 1.54) is 19.4 Å². The highest BCUT2D eigenvalue weighted by Gasteiger charge is 2.36. The van der Waals surface area contributed by atoms with Crippen molar-refractivity contribution in [1.82, 2.24) is 92.6 Å². The van der Waals surface area contributed by atoms with Crippen LogP contribution in [0.4, 0.5) is 0 Å². The molecule has 0 bridgehead atoms. The zero-order valence-corrected chi connectivity index (χ0v) is 66.8. The molecular weight excluding hydrogens is 1490 g/mol. The van der Waals surface area contributed by atoms with Gasteiger partial charge in [-0.2, -0.15) is 0 Å². The van der Waals surface area contributed by atoms with Gasteiger partial charge in [-0.25, -0.2) is 4.98 Å². The molecule has 2 aromatic carbocycles. The Morgan fingerprint density at radius 2 is 1.07 bits per heavy atom. The van der Waals surface area contributed by atoms with Crippen LogP contribution in [0.5, 0.6) is 0 Å². The highest BCUT2D eigenvalue weighted by atomic mass is 16.4. The molecule has 37 heteroatoms. The summed E-state index contributed by atoms with van der Waals surface area (Å²) in [5.41, 5.74) is 13.5. The van der Waals surface area contributed by atoms with Gasteiger partial charge in [-0.05, 0) is 74.0 Å². The van der Waals surface area contributed by atoms with Crippen molar-refractivity contribution in [3.05, 3.63) is 90.1 Å². The number of aromatic amines is 2. The highest BCUT2D eigenvalue weighted by Crippen LogP contribution is 2.21. The van der Waals surface area contributed by atoms with E-state index in [4.69, 9.17) is 11.5 Å². The van der Waals surface area contributed by atoms with Gasteiger partial charge in [0, 0.05) is 126 Å². The second-order valence-corrected chi connectivity index (χ2v) is 30.7. The smallest absolute Gasteiger partial charge is 0.317 e. The lowest BCUT2D eigenvalue weighted by Gasteiger charge is -2.34. The Bertz CT molecular complexity index is 3870. The summed E-state index contributed by atoms with van der Waals surface area (Å²) in [6, 6.07) is 5.31. The van der Waals surface area contributed by atoms with Gasteiger partial charge in [-0.3, -0.25) is 86.8 Å². The minimum absolute atomic E-state index is 0.00194. The van der Waals surface area contributed by atoms with E-state index < -0.39 is 151 Å². The Morgan fingerprint density at radius 3 is 1.65 bits per heavy atom. The fourth-order valence-electron chi connectivity index (χ4n) is 13.7. The van der Waals surface area contributed by atoms with Gasteiger partial charge in [0.1, 0.15) is 54.9 Å². The van der Waals surface area contributed by atoms with Crippen LogP contribution >= 0.6 is 0 Å². The topological polar surface area (TPSA) is 530 Å². The monoisotopic (exact) mass is 1610 g/mol. The maximum absolute atomic E-state index is 14.8. The molecule has 4 aromatic rings. The maximum atomic E-state index is 14.8. The van der Waals surface area contributed by atoms with Gasteiger partial charge in [-0.15, -0.1) is 0 Å². The molecule has 0 unspecified atom stereocenters.